The molecule has 0 heterocycles. The van der Waals surface area contributed by atoms with Gasteiger partial charge in [0.2, 0.25) is 0 Å². The predicted molar refractivity (Wildman–Crippen MR) is 118 cm³/mol. The second-order valence-corrected chi connectivity index (χ2v) is 6.96. The quantitative estimate of drug-likeness (QED) is 0.486. The lowest BCUT2D eigenvalue weighted by atomic mass is 10.0. The Labute approximate surface area is 173 Å². The molecule has 0 fully saturated rings. The molecule has 0 saturated heterocycles. The summed E-state index contributed by atoms with van der Waals surface area (Å²) < 4.78 is 5.16. The summed E-state index contributed by atoms with van der Waals surface area (Å²) in [6.07, 6.45) is 4.81. The van der Waals surface area contributed by atoms with Crippen molar-refractivity contribution in [2.24, 2.45) is 0 Å². The monoisotopic (exact) mass is 385 g/mol. The highest BCUT2D eigenvalue weighted by molar-refractivity contribution is 5.76. The van der Waals surface area contributed by atoms with E-state index in [9.17, 15) is 4.79 Å². The number of hydrogen-bond acceptors (Lipinski definition) is 3. The molecule has 0 amide bonds. The number of carbonyl (C=O) groups is 1. The molecule has 0 radical (unpaired) electrons. The third-order valence-electron chi connectivity index (χ3n) is 4.86. The molecule has 148 valence electrons. The molecule has 0 bridgehead atoms. The first-order valence-electron chi connectivity index (χ1n) is 9.87. The second kappa shape index (κ2) is 11.0. The zero-order chi connectivity index (χ0) is 20.3. The molecule has 1 atom stereocenters. The first kappa shape index (κ1) is 20.6. The van der Waals surface area contributed by atoms with Gasteiger partial charge in [0, 0.05) is 13.1 Å². The molecule has 0 spiro atoms. The summed E-state index contributed by atoms with van der Waals surface area (Å²) >= 11 is 0. The number of benzene rings is 3. The maximum atomic E-state index is 12.7. The number of nitrogens with zero attached hydrogens (tertiary/aromatic N) is 1. The molecule has 0 aliphatic carbocycles. The maximum absolute atomic E-state index is 12.7. The summed E-state index contributed by atoms with van der Waals surface area (Å²) in [4.78, 5) is 14.9. The molecule has 0 N–H and O–H groups in total. The average Bonchev–Trinajstić information content (AvgIpc) is 2.78. The lowest BCUT2D eigenvalue weighted by molar-refractivity contribution is -0.147. The summed E-state index contributed by atoms with van der Waals surface area (Å²) in [6, 6.07) is 30.2. The number of ether oxygens (including phenoxy) is 1. The summed E-state index contributed by atoms with van der Waals surface area (Å²) in [5.41, 5.74) is 3.43. The molecule has 29 heavy (non-hydrogen) atoms. The predicted octanol–water partition coefficient (Wildman–Crippen LogP) is 4.99. The summed E-state index contributed by atoms with van der Waals surface area (Å²) in [7, 11) is 1.46. The van der Waals surface area contributed by atoms with Gasteiger partial charge in [0.1, 0.15) is 6.04 Å². The molecule has 3 heteroatoms. The van der Waals surface area contributed by atoms with Gasteiger partial charge in [-0.15, -0.1) is 0 Å². The van der Waals surface area contributed by atoms with Crippen molar-refractivity contribution in [3.63, 3.8) is 0 Å². The van der Waals surface area contributed by atoms with E-state index in [-0.39, 0.29) is 12.0 Å². The highest BCUT2D eigenvalue weighted by Crippen LogP contribution is 2.15. The number of hydrogen-bond donors (Lipinski definition) is 0. The molecule has 0 saturated carbocycles. The number of methoxy groups -OCH3 is 1. The van der Waals surface area contributed by atoms with Gasteiger partial charge in [0.25, 0.3) is 0 Å². The Kier molecular flexibility index (Phi) is 7.79. The van der Waals surface area contributed by atoms with Crippen LogP contribution in [0.3, 0.4) is 0 Å². The minimum atomic E-state index is -0.358. The van der Waals surface area contributed by atoms with Crippen molar-refractivity contribution in [3.05, 3.63) is 114 Å². The van der Waals surface area contributed by atoms with E-state index < -0.39 is 0 Å². The molecule has 3 aromatic carbocycles. The zero-order valence-corrected chi connectivity index (χ0v) is 16.8. The minimum absolute atomic E-state index is 0.210. The van der Waals surface area contributed by atoms with Crippen LogP contribution in [0.5, 0.6) is 0 Å². The van der Waals surface area contributed by atoms with Gasteiger partial charge >= 0.3 is 5.97 Å². The lowest BCUT2D eigenvalue weighted by Gasteiger charge is -2.29. The smallest absolute Gasteiger partial charge is 0.323 e. The normalized spacial score (nSPS) is 12.2. The van der Waals surface area contributed by atoms with Crippen LogP contribution in [-0.2, 0) is 22.5 Å². The largest absolute Gasteiger partial charge is 0.468 e. The molecule has 0 aromatic heterocycles. The van der Waals surface area contributed by atoms with Crippen LogP contribution in [0.15, 0.2) is 97.1 Å². The van der Waals surface area contributed by atoms with Crippen LogP contribution < -0.4 is 0 Å². The fraction of sp³-hybridized carbons (Fsp3) is 0.192. The summed E-state index contributed by atoms with van der Waals surface area (Å²) in [6.45, 7) is 1.32. The Bertz CT molecular complexity index is 892. The average molecular weight is 386 g/mol. The van der Waals surface area contributed by atoms with Crippen molar-refractivity contribution in [1.29, 1.82) is 0 Å². The van der Waals surface area contributed by atoms with Crippen molar-refractivity contribution in [1.82, 2.24) is 4.90 Å². The Morgan fingerprint density at radius 1 is 0.862 bits per heavy atom. The van der Waals surface area contributed by atoms with Crippen LogP contribution in [0.2, 0.25) is 0 Å². The Morgan fingerprint density at radius 2 is 1.41 bits per heavy atom. The molecule has 3 rings (SSSR count). The lowest BCUT2D eigenvalue weighted by Crippen LogP contribution is -2.43. The third-order valence-corrected chi connectivity index (χ3v) is 4.86. The van der Waals surface area contributed by atoms with Gasteiger partial charge in [-0.25, -0.2) is 0 Å². The van der Waals surface area contributed by atoms with Gasteiger partial charge in [-0.1, -0.05) is 103 Å². The summed E-state index contributed by atoms with van der Waals surface area (Å²) in [5, 5.41) is 0. The first-order chi connectivity index (χ1) is 14.3. The highest BCUT2D eigenvalue weighted by atomic mass is 16.5. The SMILES string of the molecule is COC(=O)C(Cc1ccccc1)N(C/C=C/c1ccccc1)Cc1ccccc1. The third kappa shape index (κ3) is 6.44. The fourth-order valence-electron chi connectivity index (χ4n) is 3.34. The Morgan fingerprint density at radius 3 is 2.00 bits per heavy atom. The van der Waals surface area contributed by atoms with Gasteiger partial charge in [-0.2, -0.15) is 0 Å². The Balaban J connectivity index is 1.83. The van der Waals surface area contributed by atoms with E-state index in [4.69, 9.17) is 4.74 Å². The fourth-order valence-corrected chi connectivity index (χ4v) is 3.34. The standard InChI is InChI=1S/C26H27NO2/c1-29-26(28)25(20-23-14-7-3-8-15-23)27(21-24-16-9-4-10-17-24)19-11-18-22-12-5-2-6-13-22/h2-18,25H,19-21H2,1H3/b18-11+. The second-order valence-electron chi connectivity index (χ2n) is 6.96. The van der Waals surface area contributed by atoms with Gasteiger partial charge in [-0.3, -0.25) is 9.69 Å². The van der Waals surface area contributed by atoms with E-state index in [1.54, 1.807) is 0 Å². The number of rotatable bonds is 9. The van der Waals surface area contributed by atoms with Crippen LogP contribution in [0.25, 0.3) is 6.08 Å². The molecule has 1 unspecified atom stereocenters. The molecule has 0 aliphatic rings. The molecular formula is C26H27NO2. The van der Waals surface area contributed by atoms with Crippen molar-refractivity contribution in [2.75, 3.05) is 13.7 Å². The Hall–Kier alpha value is -3.17. The van der Waals surface area contributed by atoms with E-state index in [2.05, 4.69) is 53.5 Å². The molecule has 3 nitrogen and oxygen atoms in total. The maximum Gasteiger partial charge on any atom is 0.323 e. The number of esters is 1. The first-order valence-corrected chi connectivity index (χ1v) is 9.87. The topological polar surface area (TPSA) is 29.5 Å². The number of carbonyl (C=O) groups excluding carboxylic acids is 1. The van der Waals surface area contributed by atoms with E-state index >= 15 is 0 Å². The van der Waals surface area contributed by atoms with Gasteiger partial charge in [0.05, 0.1) is 7.11 Å². The highest BCUT2D eigenvalue weighted by Gasteiger charge is 2.26. The molecular weight excluding hydrogens is 358 g/mol. The minimum Gasteiger partial charge on any atom is -0.468 e. The van der Waals surface area contributed by atoms with E-state index in [1.165, 1.54) is 12.7 Å². The summed E-state index contributed by atoms with van der Waals surface area (Å²) in [5.74, 6) is -0.210. The van der Waals surface area contributed by atoms with Crippen molar-refractivity contribution < 1.29 is 9.53 Å². The van der Waals surface area contributed by atoms with Crippen molar-refractivity contribution >= 4 is 12.0 Å². The van der Waals surface area contributed by atoms with Gasteiger partial charge in [-0.05, 0) is 23.1 Å². The van der Waals surface area contributed by atoms with Crippen molar-refractivity contribution in [3.8, 4) is 0 Å². The van der Waals surface area contributed by atoms with E-state index in [0.717, 1.165) is 11.1 Å². The van der Waals surface area contributed by atoms with Gasteiger partial charge in [0.15, 0.2) is 0 Å². The van der Waals surface area contributed by atoms with Crippen LogP contribution in [-0.4, -0.2) is 30.6 Å². The van der Waals surface area contributed by atoms with Gasteiger partial charge < -0.3 is 4.74 Å². The molecule has 3 aromatic rings. The van der Waals surface area contributed by atoms with E-state index in [1.807, 2.05) is 54.6 Å². The zero-order valence-electron chi connectivity index (χ0n) is 16.8. The van der Waals surface area contributed by atoms with Crippen LogP contribution in [0, 0.1) is 0 Å². The molecule has 0 aliphatic heterocycles. The van der Waals surface area contributed by atoms with E-state index in [0.29, 0.717) is 19.5 Å². The van der Waals surface area contributed by atoms with Crippen LogP contribution in [0.4, 0.5) is 0 Å². The van der Waals surface area contributed by atoms with Crippen LogP contribution in [0.1, 0.15) is 16.7 Å². The van der Waals surface area contributed by atoms with Crippen LogP contribution >= 0.6 is 0 Å². The van der Waals surface area contributed by atoms with Crippen molar-refractivity contribution in [2.45, 2.75) is 19.0 Å².